The van der Waals surface area contributed by atoms with Crippen molar-refractivity contribution in [2.45, 2.75) is 19.4 Å². The Morgan fingerprint density at radius 3 is 2.33 bits per heavy atom. The smallest absolute Gasteiger partial charge is 0.0314 e. The van der Waals surface area contributed by atoms with Crippen molar-refractivity contribution in [2.75, 3.05) is 7.05 Å². The van der Waals surface area contributed by atoms with Crippen LogP contribution in [0.3, 0.4) is 0 Å². The Bertz CT molecular complexity index is 226. The van der Waals surface area contributed by atoms with Gasteiger partial charge in [0.15, 0.2) is 0 Å². The Labute approximate surface area is 82.3 Å². The number of hydrogen-bond acceptors (Lipinski definition) is 1. The Hall–Kier alpha value is -0.340. The van der Waals surface area contributed by atoms with Gasteiger partial charge in [0, 0.05) is 10.5 Å². The summed E-state index contributed by atoms with van der Waals surface area (Å²) in [5.41, 5.74) is 1.35. The van der Waals surface area contributed by atoms with Crippen LogP contribution in [0.15, 0.2) is 28.7 Å². The third-order valence-electron chi connectivity index (χ3n) is 2.03. The normalized spacial score (nSPS) is 12.9. The molecule has 0 fully saturated rings. The van der Waals surface area contributed by atoms with E-state index in [4.69, 9.17) is 0 Å². The summed E-state index contributed by atoms with van der Waals surface area (Å²) in [5, 5.41) is 3.27. The summed E-state index contributed by atoms with van der Waals surface area (Å²) in [6, 6.07) is 8.94. The average Bonchev–Trinajstić information content (AvgIpc) is 2.10. The van der Waals surface area contributed by atoms with Crippen LogP contribution in [0.1, 0.15) is 24.9 Å². The van der Waals surface area contributed by atoms with E-state index in [0.29, 0.717) is 6.04 Å². The molecule has 1 atom stereocenters. The standard InChI is InChI=1S/C10H14BrN/c1-3-10(12-2)8-4-6-9(11)7-5-8/h4-7,10,12H,3H2,1-2H3/t10-/m1/s1. The Kier molecular flexibility index (Phi) is 3.76. The first-order valence-corrected chi connectivity index (χ1v) is 5.00. The molecule has 0 saturated carbocycles. The van der Waals surface area contributed by atoms with Gasteiger partial charge in [0.25, 0.3) is 0 Å². The number of benzene rings is 1. The Morgan fingerprint density at radius 2 is 1.92 bits per heavy atom. The van der Waals surface area contributed by atoms with Crippen molar-refractivity contribution < 1.29 is 0 Å². The quantitative estimate of drug-likeness (QED) is 0.838. The molecule has 1 rings (SSSR count). The number of hydrogen-bond donors (Lipinski definition) is 1. The first kappa shape index (κ1) is 9.75. The molecular weight excluding hydrogens is 214 g/mol. The van der Waals surface area contributed by atoms with Gasteiger partial charge in [-0.2, -0.15) is 0 Å². The molecule has 0 aliphatic heterocycles. The van der Waals surface area contributed by atoms with Gasteiger partial charge in [0.2, 0.25) is 0 Å². The van der Waals surface area contributed by atoms with Gasteiger partial charge in [-0.1, -0.05) is 35.0 Å². The van der Waals surface area contributed by atoms with Crippen LogP contribution in [0.2, 0.25) is 0 Å². The highest BCUT2D eigenvalue weighted by molar-refractivity contribution is 9.10. The second-order valence-corrected chi connectivity index (χ2v) is 3.72. The highest BCUT2D eigenvalue weighted by atomic mass is 79.9. The van der Waals surface area contributed by atoms with Gasteiger partial charge in [0.1, 0.15) is 0 Å². The lowest BCUT2D eigenvalue weighted by Gasteiger charge is -2.13. The molecule has 12 heavy (non-hydrogen) atoms. The second-order valence-electron chi connectivity index (χ2n) is 2.80. The van der Waals surface area contributed by atoms with Crippen LogP contribution in [0, 0.1) is 0 Å². The molecule has 1 aromatic rings. The van der Waals surface area contributed by atoms with Crippen LogP contribution < -0.4 is 5.32 Å². The molecule has 0 aliphatic rings. The van der Waals surface area contributed by atoms with Gasteiger partial charge in [-0.25, -0.2) is 0 Å². The molecule has 1 N–H and O–H groups in total. The maximum Gasteiger partial charge on any atom is 0.0314 e. The third kappa shape index (κ3) is 2.32. The number of halogens is 1. The zero-order chi connectivity index (χ0) is 8.97. The molecule has 66 valence electrons. The van der Waals surface area contributed by atoms with Crippen molar-refractivity contribution in [3.05, 3.63) is 34.3 Å². The van der Waals surface area contributed by atoms with Crippen LogP contribution in [0.5, 0.6) is 0 Å². The topological polar surface area (TPSA) is 12.0 Å². The molecule has 0 spiro atoms. The first-order valence-electron chi connectivity index (χ1n) is 4.20. The van der Waals surface area contributed by atoms with E-state index >= 15 is 0 Å². The minimum Gasteiger partial charge on any atom is -0.313 e. The van der Waals surface area contributed by atoms with E-state index in [0.717, 1.165) is 10.9 Å². The molecule has 0 heterocycles. The van der Waals surface area contributed by atoms with Crippen molar-refractivity contribution in [1.29, 1.82) is 0 Å². The average molecular weight is 228 g/mol. The van der Waals surface area contributed by atoms with Crippen molar-refractivity contribution in [3.8, 4) is 0 Å². The summed E-state index contributed by atoms with van der Waals surface area (Å²) in [6.07, 6.45) is 1.12. The predicted octanol–water partition coefficient (Wildman–Crippen LogP) is 3.12. The fourth-order valence-electron chi connectivity index (χ4n) is 1.30. The number of rotatable bonds is 3. The van der Waals surface area contributed by atoms with E-state index in [1.807, 2.05) is 7.05 Å². The molecule has 1 nitrogen and oxygen atoms in total. The molecule has 0 aromatic heterocycles. The van der Waals surface area contributed by atoms with Crippen molar-refractivity contribution in [2.24, 2.45) is 0 Å². The van der Waals surface area contributed by atoms with E-state index in [-0.39, 0.29) is 0 Å². The Balaban J connectivity index is 2.80. The molecule has 1 aromatic carbocycles. The lowest BCUT2D eigenvalue weighted by atomic mass is 10.1. The largest absolute Gasteiger partial charge is 0.313 e. The van der Waals surface area contributed by atoms with Gasteiger partial charge in [-0.3, -0.25) is 0 Å². The molecule has 0 unspecified atom stereocenters. The second kappa shape index (κ2) is 4.63. The molecule has 0 amide bonds. The van der Waals surface area contributed by atoms with Crippen molar-refractivity contribution in [3.63, 3.8) is 0 Å². The summed E-state index contributed by atoms with van der Waals surface area (Å²) >= 11 is 3.42. The summed E-state index contributed by atoms with van der Waals surface area (Å²) in [6.45, 7) is 2.18. The van der Waals surface area contributed by atoms with E-state index in [2.05, 4.69) is 52.4 Å². The van der Waals surface area contributed by atoms with E-state index in [9.17, 15) is 0 Å². The lowest BCUT2D eigenvalue weighted by molar-refractivity contribution is 0.577. The van der Waals surface area contributed by atoms with Crippen LogP contribution in [-0.2, 0) is 0 Å². The van der Waals surface area contributed by atoms with Gasteiger partial charge in [-0.05, 0) is 31.2 Å². The molecule has 2 heteroatoms. The van der Waals surface area contributed by atoms with Crippen LogP contribution in [-0.4, -0.2) is 7.05 Å². The molecule has 0 aliphatic carbocycles. The van der Waals surface area contributed by atoms with Gasteiger partial charge >= 0.3 is 0 Å². The van der Waals surface area contributed by atoms with Gasteiger partial charge < -0.3 is 5.32 Å². The molecular formula is C10H14BrN. The van der Waals surface area contributed by atoms with E-state index in [1.165, 1.54) is 5.56 Å². The summed E-state index contributed by atoms with van der Waals surface area (Å²) in [4.78, 5) is 0. The minimum absolute atomic E-state index is 0.484. The highest BCUT2D eigenvalue weighted by Gasteiger charge is 2.04. The van der Waals surface area contributed by atoms with Crippen LogP contribution in [0.4, 0.5) is 0 Å². The molecule has 0 bridgehead atoms. The highest BCUT2D eigenvalue weighted by Crippen LogP contribution is 2.18. The summed E-state index contributed by atoms with van der Waals surface area (Å²) in [5.74, 6) is 0. The minimum atomic E-state index is 0.484. The summed E-state index contributed by atoms with van der Waals surface area (Å²) in [7, 11) is 2.00. The maximum absolute atomic E-state index is 3.42. The summed E-state index contributed by atoms with van der Waals surface area (Å²) < 4.78 is 1.14. The van der Waals surface area contributed by atoms with Crippen molar-refractivity contribution >= 4 is 15.9 Å². The van der Waals surface area contributed by atoms with Crippen LogP contribution >= 0.6 is 15.9 Å². The fourth-order valence-corrected chi connectivity index (χ4v) is 1.57. The maximum atomic E-state index is 3.42. The predicted molar refractivity (Wildman–Crippen MR) is 56.2 cm³/mol. The Morgan fingerprint density at radius 1 is 1.33 bits per heavy atom. The molecule has 0 saturated heterocycles. The van der Waals surface area contributed by atoms with Crippen molar-refractivity contribution in [1.82, 2.24) is 5.32 Å². The molecule has 0 radical (unpaired) electrons. The van der Waals surface area contributed by atoms with E-state index in [1.54, 1.807) is 0 Å². The first-order chi connectivity index (χ1) is 5.77. The SMILES string of the molecule is CC[C@@H](NC)c1ccc(Br)cc1. The zero-order valence-corrected chi connectivity index (χ0v) is 9.06. The van der Waals surface area contributed by atoms with E-state index < -0.39 is 0 Å². The third-order valence-corrected chi connectivity index (χ3v) is 2.56. The lowest BCUT2D eigenvalue weighted by Crippen LogP contribution is -2.14. The zero-order valence-electron chi connectivity index (χ0n) is 7.47. The fraction of sp³-hybridized carbons (Fsp3) is 0.400. The number of nitrogens with one attached hydrogen (secondary N) is 1. The van der Waals surface area contributed by atoms with Gasteiger partial charge in [-0.15, -0.1) is 0 Å². The monoisotopic (exact) mass is 227 g/mol. The van der Waals surface area contributed by atoms with Crippen LogP contribution in [0.25, 0.3) is 0 Å². The van der Waals surface area contributed by atoms with Gasteiger partial charge in [0.05, 0.1) is 0 Å².